The molecule has 0 fully saturated rings. The Labute approximate surface area is 98.2 Å². The molecule has 0 bridgehead atoms. The maximum absolute atomic E-state index is 10.9. The zero-order valence-corrected chi connectivity index (χ0v) is 10.1. The van der Waals surface area contributed by atoms with E-state index in [9.17, 15) is 4.79 Å². The lowest BCUT2D eigenvalue weighted by Crippen LogP contribution is -2.23. The van der Waals surface area contributed by atoms with Crippen molar-refractivity contribution in [3.8, 4) is 0 Å². The Bertz CT molecular complexity index is 327. The van der Waals surface area contributed by atoms with Gasteiger partial charge in [0.15, 0.2) is 0 Å². The SMILES string of the molecule is COC(=O)CCC(N)Cc1ccc(Cl)s1. The molecule has 3 nitrogen and oxygen atoms in total. The van der Waals surface area contributed by atoms with Crippen LogP contribution in [0.25, 0.3) is 0 Å². The van der Waals surface area contributed by atoms with Gasteiger partial charge in [-0.1, -0.05) is 11.6 Å². The summed E-state index contributed by atoms with van der Waals surface area (Å²) < 4.78 is 5.31. The van der Waals surface area contributed by atoms with Crippen LogP contribution in [-0.2, 0) is 16.0 Å². The lowest BCUT2D eigenvalue weighted by Gasteiger charge is -2.08. The van der Waals surface area contributed by atoms with E-state index < -0.39 is 0 Å². The molecule has 1 aromatic rings. The molecule has 0 radical (unpaired) electrons. The van der Waals surface area contributed by atoms with Crippen molar-refractivity contribution < 1.29 is 9.53 Å². The van der Waals surface area contributed by atoms with Gasteiger partial charge in [0.05, 0.1) is 11.4 Å². The maximum atomic E-state index is 10.9. The van der Waals surface area contributed by atoms with Gasteiger partial charge in [0.1, 0.15) is 0 Å². The van der Waals surface area contributed by atoms with E-state index in [1.807, 2.05) is 12.1 Å². The summed E-state index contributed by atoms with van der Waals surface area (Å²) in [6.45, 7) is 0. The van der Waals surface area contributed by atoms with E-state index in [1.54, 1.807) is 0 Å². The van der Waals surface area contributed by atoms with Crippen LogP contribution in [0.15, 0.2) is 12.1 Å². The summed E-state index contributed by atoms with van der Waals surface area (Å²) in [6, 6.07) is 3.80. The summed E-state index contributed by atoms with van der Waals surface area (Å²) in [5.41, 5.74) is 5.87. The fourth-order valence-electron chi connectivity index (χ4n) is 1.23. The van der Waals surface area contributed by atoms with Crippen molar-refractivity contribution in [2.24, 2.45) is 5.73 Å². The van der Waals surface area contributed by atoms with Crippen LogP contribution < -0.4 is 5.73 Å². The number of nitrogens with two attached hydrogens (primary N) is 1. The highest BCUT2D eigenvalue weighted by atomic mass is 35.5. The molecule has 1 unspecified atom stereocenters. The van der Waals surface area contributed by atoms with E-state index in [1.165, 1.54) is 18.4 Å². The molecule has 2 N–H and O–H groups in total. The summed E-state index contributed by atoms with van der Waals surface area (Å²) in [6.07, 6.45) is 1.77. The molecular formula is C10H14ClNO2S. The van der Waals surface area contributed by atoms with Crippen molar-refractivity contribution in [3.63, 3.8) is 0 Å². The third-order valence-corrected chi connectivity index (χ3v) is 3.29. The second kappa shape index (κ2) is 6.10. The second-order valence-electron chi connectivity index (χ2n) is 3.28. The first-order valence-electron chi connectivity index (χ1n) is 4.68. The Balaban J connectivity index is 2.30. The largest absolute Gasteiger partial charge is 0.469 e. The van der Waals surface area contributed by atoms with E-state index in [-0.39, 0.29) is 12.0 Å². The number of methoxy groups -OCH3 is 1. The Kier molecular flexibility index (Phi) is 5.08. The third kappa shape index (κ3) is 4.64. The van der Waals surface area contributed by atoms with Gasteiger partial charge in [0.25, 0.3) is 0 Å². The summed E-state index contributed by atoms with van der Waals surface area (Å²) >= 11 is 7.32. The van der Waals surface area contributed by atoms with Crippen molar-refractivity contribution in [1.29, 1.82) is 0 Å². The highest BCUT2D eigenvalue weighted by Crippen LogP contribution is 2.22. The quantitative estimate of drug-likeness (QED) is 0.812. The van der Waals surface area contributed by atoms with Crippen LogP contribution in [0.3, 0.4) is 0 Å². The van der Waals surface area contributed by atoms with Gasteiger partial charge in [0, 0.05) is 17.3 Å². The number of ether oxygens (including phenoxy) is 1. The topological polar surface area (TPSA) is 52.3 Å². The van der Waals surface area contributed by atoms with E-state index in [0.717, 1.165) is 15.6 Å². The van der Waals surface area contributed by atoms with Crippen LogP contribution in [-0.4, -0.2) is 19.1 Å². The monoisotopic (exact) mass is 247 g/mol. The van der Waals surface area contributed by atoms with Crippen molar-refractivity contribution >= 4 is 28.9 Å². The minimum Gasteiger partial charge on any atom is -0.469 e. The molecule has 1 rings (SSSR count). The Morgan fingerprint density at radius 3 is 2.93 bits per heavy atom. The summed E-state index contributed by atoms with van der Waals surface area (Å²) in [4.78, 5) is 12.0. The predicted octanol–water partition coefficient (Wildman–Crippen LogP) is 2.22. The number of hydrogen-bond acceptors (Lipinski definition) is 4. The van der Waals surface area contributed by atoms with Gasteiger partial charge in [-0.2, -0.15) is 0 Å². The minimum absolute atomic E-state index is 0.0150. The third-order valence-electron chi connectivity index (χ3n) is 2.04. The minimum atomic E-state index is -0.213. The summed E-state index contributed by atoms with van der Waals surface area (Å²) in [5, 5.41) is 0. The maximum Gasteiger partial charge on any atom is 0.305 e. The molecule has 15 heavy (non-hydrogen) atoms. The Morgan fingerprint density at radius 1 is 1.67 bits per heavy atom. The smallest absolute Gasteiger partial charge is 0.305 e. The molecule has 0 aliphatic rings. The molecule has 1 atom stereocenters. The number of rotatable bonds is 5. The lowest BCUT2D eigenvalue weighted by atomic mass is 10.1. The van der Waals surface area contributed by atoms with E-state index in [0.29, 0.717) is 12.8 Å². The lowest BCUT2D eigenvalue weighted by molar-refractivity contribution is -0.140. The van der Waals surface area contributed by atoms with Gasteiger partial charge >= 0.3 is 5.97 Å². The number of thiophene rings is 1. The molecular weight excluding hydrogens is 234 g/mol. The van der Waals surface area contributed by atoms with Crippen molar-refractivity contribution in [2.45, 2.75) is 25.3 Å². The summed E-state index contributed by atoms with van der Waals surface area (Å²) in [7, 11) is 1.38. The van der Waals surface area contributed by atoms with Crippen LogP contribution in [0, 0.1) is 0 Å². The number of carbonyl (C=O) groups excluding carboxylic acids is 1. The summed E-state index contributed by atoms with van der Waals surface area (Å²) in [5.74, 6) is -0.213. The molecule has 0 aliphatic heterocycles. The molecule has 0 saturated heterocycles. The number of esters is 1. The zero-order chi connectivity index (χ0) is 11.3. The standard InChI is InChI=1S/C10H14ClNO2S/c1-14-10(13)5-2-7(12)6-8-3-4-9(11)15-8/h3-4,7H,2,5-6,12H2,1H3. The van der Waals surface area contributed by atoms with Gasteiger partial charge in [-0.25, -0.2) is 0 Å². The number of carbonyl (C=O) groups is 1. The van der Waals surface area contributed by atoms with Crippen LogP contribution in [0.4, 0.5) is 0 Å². The van der Waals surface area contributed by atoms with Crippen LogP contribution in [0.1, 0.15) is 17.7 Å². The fraction of sp³-hybridized carbons (Fsp3) is 0.500. The van der Waals surface area contributed by atoms with Crippen molar-refractivity contribution in [3.05, 3.63) is 21.3 Å². The van der Waals surface area contributed by atoms with Crippen LogP contribution >= 0.6 is 22.9 Å². The number of hydrogen-bond donors (Lipinski definition) is 1. The molecule has 0 amide bonds. The van der Waals surface area contributed by atoms with Gasteiger partial charge in [-0.15, -0.1) is 11.3 Å². The van der Waals surface area contributed by atoms with E-state index in [4.69, 9.17) is 17.3 Å². The average Bonchev–Trinajstić information content (AvgIpc) is 2.60. The number of halogens is 1. The molecule has 0 aliphatic carbocycles. The molecule has 1 heterocycles. The molecule has 84 valence electrons. The van der Waals surface area contributed by atoms with Gasteiger partial charge in [-0.05, 0) is 25.0 Å². The van der Waals surface area contributed by atoms with Crippen LogP contribution in [0.2, 0.25) is 4.34 Å². The normalized spacial score (nSPS) is 12.5. The molecule has 5 heteroatoms. The highest BCUT2D eigenvalue weighted by Gasteiger charge is 2.09. The van der Waals surface area contributed by atoms with E-state index in [2.05, 4.69) is 4.74 Å². The first kappa shape index (κ1) is 12.5. The van der Waals surface area contributed by atoms with Crippen LogP contribution in [0.5, 0.6) is 0 Å². The van der Waals surface area contributed by atoms with E-state index >= 15 is 0 Å². The van der Waals surface area contributed by atoms with Crippen molar-refractivity contribution in [2.75, 3.05) is 7.11 Å². The molecule has 0 spiro atoms. The molecule has 0 saturated carbocycles. The Morgan fingerprint density at radius 2 is 2.40 bits per heavy atom. The van der Waals surface area contributed by atoms with Gasteiger partial charge in [0.2, 0.25) is 0 Å². The highest BCUT2D eigenvalue weighted by molar-refractivity contribution is 7.16. The molecule has 1 aromatic heterocycles. The average molecular weight is 248 g/mol. The first-order chi connectivity index (χ1) is 7.11. The van der Waals surface area contributed by atoms with Gasteiger partial charge < -0.3 is 10.5 Å². The molecule has 0 aromatic carbocycles. The fourth-order valence-corrected chi connectivity index (χ4v) is 2.41. The Hall–Kier alpha value is -0.580. The van der Waals surface area contributed by atoms with Gasteiger partial charge in [-0.3, -0.25) is 4.79 Å². The second-order valence-corrected chi connectivity index (χ2v) is 5.08. The van der Waals surface area contributed by atoms with Crippen molar-refractivity contribution in [1.82, 2.24) is 0 Å². The predicted molar refractivity (Wildman–Crippen MR) is 62.3 cm³/mol. The first-order valence-corrected chi connectivity index (χ1v) is 5.88. The zero-order valence-electron chi connectivity index (χ0n) is 8.53.